The zero-order chi connectivity index (χ0) is 19.9. The van der Waals surface area contributed by atoms with Gasteiger partial charge in [0.25, 0.3) is 5.56 Å². The number of nitrogens with zero attached hydrogens (tertiary/aromatic N) is 4. The lowest BCUT2D eigenvalue weighted by atomic mass is 10.2. The minimum absolute atomic E-state index is 0.0284. The summed E-state index contributed by atoms with van der Waals surface area (Å²) >= 11 is 1.67. The Hall–Kier alpha value is -2.86. The van der Waals surface area contributed by atoms with Crippen LogP contribution in [-0.4, -0.2) is 25.1 Å². The molecule has 2 aromatic carbocycles. The molecule has 0 aliphatic rings. The number of benzene rings is 2. The van der Waals surface area contributed by atoms with Gasteiger partial charge in [-0.3, -0.25) is 14.0 Å². The first-order valence-corrected chi connectivity index (χ1v) is 10.9. The largest absolute Gasteiger partial charge is 0.283 e. The molecule has 148 valence electrons. The van der Waals surface area contributed by atoms with Gasteiger partial charge in [0, 0.05) is 24.7 Å². The molecule has 0 amide bonds. The molecule has 0 radical (unpaired) electrons. The third-order valence-electron chi connectivity index (χ3n) is 4.83. The summed E-state index contributed by atoms with van der Waals surface area (Å²) in [4.78, 5) is 17.9. The lowest BCUT2D eigenvalue weighted by Crippen LogP contribution is -2.24. The molecule has 2 heterocycles. The quantitative estimate of drug-likeness (QED) is 0.232. The number of para-hydroxylation sites is 1. The molecule has 6 heteroatoms. The number of unbranched alkanes of at least 4 members (excludes halogenated alkanes) is 2. The van der Waals surface area contributed by atoms with Gasteiger partial charge in [0.1, 0.15) is 0 Å². The average molecular weight is 405 g/mol. The molecule has 4 aromatic rings. The highest BCUT2D eigenvalue weighted by Gasteiger charge is 2.11. The second kappa shape index (κ2) is 9.56. The molecule has 0 spiro atoms. The first-order chi connectivity index (χ1) is 14.3. The van der Waals surface area contributed by atoms with Gasteiger partial charge < -0.3 is 0 Å². The molecule has 4 rings (SSSR count). The highest BCUT2D eigenvalue weighted by atomic mass is 32.2. The van der Waals surface area contributed by atoms with E-state index in [1.54, 1.807) is 11.8 Å². The van der Waals surface area contributed by atoms with Gasteiger partial charge in [-0.1, -0.05) is 60.6 Å². The Bertz CT molecular complexity index is 1110. The fourth-order valence-electron chi connectivity index (χ4n) is 3.31. The van der Waals surface area contributed by atoms with E-state index in [0.717, 1.165) is 47.8 Å². The second-order valence-corrected chi connectivity index (χ2v) is 8.03. The summed E-state index contributed by atoms with van der Waals surface area (Å²) in [5.41, 5.74) is 1.90. The summed E-state index contributed by atoms with van der Waals surface area (Å²) in [5, 5.41) is 5.70. The van der Waals surface area contributed by atoms with Crippen LogP contribution >= 0.6 is 11.8 Å². The zero-order valence-electron chi connectivity index (χ0n) is 16.3. The van der Waals surface area contributed by atoms with Crippen LogP contribution in [0.4, 0.5) is 0 Å². The van der Waals surface area contributed by atoms with E-state index in [2.05, 4.69) is 5.10 Å². The van der Waals surface area contributed by atoms with Crippen LogP contribution in [0.2, 0.25) is 0 Å². The maximum atomic E-state index is 13.1. The van der Waals surface area contributed by atoms with Crippen LogP contribution in [0.25, 0.3) is 10.9 Å². The first-order valence-electron chi connectivity index (χ1n) is 9.95. The number of hydrogen-bond donors (Lipinski definition) is 0. The highest BCUT2D eigenvalue weighted by Crippen LogP contribution is 2.20. The summed E-state index contributed by atoms with van der Waals surface area (Å²) in [5.74, 6) is 0.943. The number of thioether (sulfide) groups is 1. The fraction of sp³-hybridized carbons (Fsp3) is 0.261. The van der Waals surface area contributed by atoms with E-state index in [1.807, 2.05) is 82.3 Å². The van der Waals surface area contributed by atoms with Crippen molar-refractivity contribution < 1.29 is 0 Å². The maximum Gasteiger partial charge on any atom is 0.262 e. The van der Waals surface area contributed by atoms with E-state index in [9.17, 15) is 4.79 Å². The fourth-order valence-corrected chi connectivity index (χ4v) is 4.31. The van der Waals surface area contributed by atoms with Gasteiger partial charge in [-0.2, -0.15) is 5.10 Å². The molecule has 2 aromatic heterocycles. The van der Waals surface area contributed by atoms with Crippen molar-refractivity contribution in [1.29, 1.82) is 0 Å². The van der Waals surface area contributed by atoms with Crippen LogP contribution in [0.3, 0.4) is 0 Å². The number of fused-ring (bicyclic) bond motifs is 1. The van der Waals surface area contributed by atoms with E-state index in [-0.39, 0.29) is 5.56 Å². The van der Waals surface area contributed by atoms with Crippen molar-refractivity contribution in [2.24, 2.45) is 0 Å². The van der Waals surface area contributed by atoms with E-state index >= 15 is 0 Å². The maximum absolute atomic E-state index is 13.1. The number of hydrogen-bond acceptors (Lipinski definition) is 4. The molecule has 0 aliphatic heterocycles. The molecule has 0 atom stereocenters. The van der Waals surface area contributed by atoms with E-state index in [1.165, 1.54) is 0 Å². The number of aryl methyl sites for hydroxylation is 1. The second-order valence-electron chi connectivity index (χ2n) is 6.97. The van der Waals surface area contributed by atoms with Gasteiger partial charge in [0.2, 0.25) is 0 Å². The predicted molar refractivity (Wildman–Crippen MR) is 118 cm³/mol. The molecule has 0 saturated carbocycles. The molecule has 29 heavy (non-hydrogen) atoms. The summed E-state index contributed by atoms with van der Waals surface area (Å²) in [7, 11) is 0. The van der Waals surface area contributed by atoms with E-state index in [4.69, 9.17) is 4.98 Å². The Morgan fingerprint density at radius 2 is 1.72 bits per heavy atom. The van der Waals surface area contributed by atoms with Crippen LogP contribution in [0.5, 0.6) is 0 Å². The van der Waals surface area contributed by atoms with Crippen molar-refractivity contribution in [2.75, 3.05) is 5.75 Å². The molecule has 0 bridgehead atoms. The van der Waals surface area contributed by atoms with Crippen molar-refractivity contribution >= 4 is 22.7 Å². The van der Waals surface area contributed by atoms with Crippen molar-refractivity contribution in [3.05, 3.63) is 89.0 Å². The number of aromatic nitrogens is 4. The van der Waals surface area contributed by atoms with Crippen molar-refractivity contribution in [3.8, 4) is 0 Å². The molecule has 0 aliphatic carbocycles. The SMILES string of the molecule is O=c1c2ccccc2nc(SCCCCCn2cccn2)n1Cc1ccccc1. The predicted octanol–water partition coefficient (Wildman–Crippen LogP) is 4.60. The van der Waals surface area contributed by atoms with Gasteiger partial charge in [-0.25, -0.2) is 4.98 Å². The molecular weight excluding hydrogens is 380 g/mol. The normalized spacial score (nSPS) is 11.2. The molecular formula is C23H24N4OS. The Balaban J connectivity index is 1.46. The topological polar surface area (TPSA) is 52.7 Å². The standard InChI is InChI=1S/C23H24N4OS/c28-22-20-12-5-6-13-21(20)25-23(27(22)18-19-10-3-1-4-11-19)29-17-8-2-7-15-26-16-9-14-24-26/h1,3-6,9-14,16H,2,7-8,15,17-18H2. The summed E-state index contributed by atoms with van der Waals surface area (Å²) < 4.78 is 3.78. The molecule has 0 unspecified atom stereocenters. The Morgan fingerprint density at radius 3 is 2.55 bits per heavy atom. The summed E-state index contributed by atoms with van der Waals surface area (Å²) in [6, 6.07) is 19.6. The monoisotopic (exact) mass is 404 g/mol. The molecule has 0 fully saturated rings. The number of rotatable bonds is 9. The summed E-state index contributed by atoms with van der Waals surface area (Å²) in [6.45, 7) is 1.49. The van der Waals surface area contributed by atoms with Crippen LogP contribution in [0.1, 0.15) is 24.8 Å². The van der Waals surface area contributed by atoms with Gasteiger partial charge in [-0.05, 0) is 36.6 Å². The van der Waals surface area contributed by atoms with E-state index < -0.39 is 0 Å². The lowest BCUT2D eigenvalue weighted by Gasteiger charge is -2.13. The van der Waals surface area contributed by atoms with Gasteiger partial charge >= 0.3 is 0 Å². The van der Waals surface area contributed by atoms with Gasteiger partial charge in [0.15, 0.2) is 5.16 Å². The average Bonchev–Trinajstić information content (AvgIpc) is 3.27. The minimum Gasteiger partial charge on any atom is -0.283 e. The third kappa shape index (κ3) is 4.95. The van der Waals surface area contributed by atoms with Crippen LogP contribution in [-0.2, 0) is 13.1 Å². The third-order valence-corrected chi connectivity index (χ3v) is 5.89. The smallest absolute Gasteiger partial charge is 0.262 e. The van der Waals surface area contributed by atoms with Gasteiger partial charge in [0.05, 0.1) is 17.4 Å². The molecule has 0 N–H and O–H groups in total. The van der Waals surface area contributed by atoms with Crippen LogP contribution < -0.4 is 5.56 Å². The van der Waals surface area contributed by atoms with Crippen LogP contribution in [0.15, 0.2) is 83.0 Å². The minimum atomic E-state index is 0.0284. The van der Waals surface area contributed by atoms with Crippen molar-refractivity contribution in [3.63, 3.8) is 0 Å². The van der Waals surface area contributed by atoms with Crippen LogP contribution in [0, 0.1) is 0 Å². The van der Waals surface area contributed by atoms with Crippen molar-refractivity contribution in [1.82, 2.24) is 19.3 Å². The Labute approximate surface area is 174 Å². The zero-order valence-corrected chi connectivity index (χ0v) is 17.1. The Kier molecular flexibility index (Phi) is 6.42. The first kappa shape index (κ1) is 19.5. The highest BCUT2D eigenvalue weighted by molar-refractivity contribution is 7.99. The van der Waals surface area contributed by atoms with Crippen molar-refractivity contribution in [2.45, 2.75) is 37.5 Å². The van der Waals surface area contributed by atoms with E-state index in [0.29, 0.717) is 11.9 Å². The molecule has 0 saturated heterocycles. The van der Waals surface area contributed by atoms with Gasteiger partial charge in [-0.15, -0.1) is 0 Å². The Morgan fingerprint density at radius 1 is 0.897 bits per heavy atom. The summed E-state index contributed by atoms with van der Waals surface area (Å²) in [6.07, 6.45) is 7.12. The lowest BCUT2D eigenvalue weighted by molar-refractivity contribution is 0.554. The molecule has 5 nitrogen and oxygen atoms in total.